The van der Waals surface area contributed by atoms with Gasteiger partial charge in [0.15, 0.2) is 0 Å². The maximum atomic E-state index is 12.1. The lowest BCUT2D eigenvalue weighted by atomic mass is 10.0. The van der Waals surface area contributed by atoms with Gasteiger partial charge in [-0.05, 0) is 59.0 Å². The van der Waals surface area contributed by atoms with Crippen molar-refractivity contribution >= 4 is 6.09 Å². The van der Waals surface area contributed by atoms with Crippen molar-refractivity contribution in [1.82, 2.24) is 15.1 Å². The Labute approximate surface area is 129 Å². The summed E-state index contributed by atoms with van der Waals surface area (Å²) in [5.41, 5.74) is -0.415. The van der Waals surface area contributed by atoms with Crippen LogP contribution in [-0.4, -0.2) is 67.3 Å². The van der Waals surface area contributed by atoms with Crippen molar-refractivity contribution in [2.45, 2.75) is 51.7 Å². The summed E-state index contributed by atoms with van der Waals surface area (Å²) in [7, 11) is 1.87. The first-order valence-electron chi connectivity index (χ1n) is 8.24. The van der Waals surface area contributed by atoms with Crippen molar-refractivity contribution in [2.75, 3.05) is 39.8 Å². The number of amides is 1. The second-order valence-corrected chi connectivity index (χ2v) is 7.48. The molecule has 0 spiro atoms. The summed E-state index contributed by atoms with van der Waals surface area (Å²) in [4.78, 5) is 16.4. The number of rotatable bonds is 3. The quantitative estimate of drug-likeness (QED) is 0.864. The summed E-state index contributed by atoms with van der Waals surface area (Å²) < 4.78 is 5.45. The Morgan fingerprint density at radius 1 is 1.29 bits per heavy atom. The van der Waals surface area contributed by atoms with Gasteiger partial charge in [-0.1, -0.05) is 0 Å². The highest BCUT2D eigenvalue weighted by Crippen LogP contribution is 2.20. The van der Waals surface area contributed by atoms with Gasteiger partial charge in [-0.15, -0.1) is 0 Å². The lowest BCUT2D eigenvalue weighted by Crippen LogP contribution is -2.47. The Kier molecular flexibility index (Phi) is 5.49. The molecule has 0 aromatic rings. The van der Waals surface area contributed by atoms with Gasteiger partial charge >= 0.3 is 6.09 Å². The third kappa shape index (κ3) is 5.15. The second kappa shape index (κ2) is 6.97. The average molecular weight is 297 g/mol. The smallest absolute Gasteiger partial charge is 0.410 e. The molecule has 2 rings (SSSR count). The topological polar surface area (TPSA) is 44.8 Å². The Bertz CT molecular complexity index is 340. The van der Waals surface area contributed by atoms with E-state index in [2.05, 4.69) is 10.2 Å². The standard InChI is InChI=1S/C16H31N3O2/c1-16(2,3)21-15(20)18(4)14-6-9-19(10-7-14)12-13-5-8-17-11-13/h13-14,17H,5-12H2,1-4H3. The van der Waals surface area contributed by atoms with Crippen molar-refractivity contribution in [2.24, 2.45) is 5.92 Å². The molecule has 0 aliphatic carbocycles. The first-order chi connectivity index (χ1) is 9.85. The molecule has 0 bridgehead atoms. The predicted octanol–water partition coefficient (Wildman–Crippen LogP) is 1.93. The normalized spacial score (nSPS) is 25.0. The molecular weight excluding hydrogens is 266 g/mol. The summed E-state index contributed by atoms with van der Waals surface area (Å²) in [5, 5.41) is 3.43. The molecule has 5 heteroatoms. The van der Waals surface area contributed by atoms with E-state index in [0.29, 0.717) is 6.04 Å². The molecule has 1 atom stereocenters. The Morgan fingerprint density at radius 2 is 1.95 bits per heavy atom. The van der Waals surface area contributed by atoms with Crippen LogP contribution in [0.15, 0.2) is 0 Å². The van der Waals surface area contributed by atoms with Gasteiger partial charge in [-0.25, -0.2) is 4.79 Å². The highest BCUT2D eigenvalue weighted by Gasteiger charge is 2.29. The van der Waals surface area contributed by atoms with Crippen LogP contribution in [0.1, 0.15) is 40.0 Å². The maximum absolute atomic E-state index is 12.1. The minimum absolute atomic E-state index is 0.194. The van der Waals surface area contributed by atoms with Gasteiger partial charge < -0.3 is 19.9 Å². The van der Waals surface area contributed by atoms with E-state index in [1.165, 1.54) is 19.5 Å². The number of ether oxygens (including phenoxy) is 1. The maximum Gasteiger partial charge on any atom is 0.410 e. The van der Waals surface area contributed by atoms with E-state index in [1.807, 2.05) is 27.8 Å². The van der Waals surface area contributed by atoms with Gasteiger partial charge in [0.25, 0.3) is 0 Å². The van der Waals surface area contributed by atoms with Crippen LogP contribution in [0.4, 0.5) is 4.79 Å². The Hall–Kier alpha value is -0.810. The van der Waals surface area contributed by atoms with Gasteiger partial charge in [0, 0.05) is 32.7 Å². The van der Waals surface area contributed by atoms with Crippen LogP contribution >= 0.6 is 0 Å². The summed E-state index contributed by atoms with van der Waals surface area (Å²) in [6, 6.07) is 0.317. The zero-order valence-electron chi connectivity index (χ0n) is 14.0. The fourth-order valence-electron chi connectivity index (χ4n) is 3.21. The minimum atomic E-state index is -0.415. The monoisotopic (exact) mass is 297 g/mol. The fourth-order valence-corrected chi connectivity index (χ4v) is 3.21. The number of likely N-dealkylation sites (tertiary alicyclic amines) is 1. The molecule has 0 aromatic carbocycles. The molecule has 1 unspecified atom stereocenters. The van der Waals surface area contributed by atoms with Gasteiger partial charge in [0.05, 0.1) is 0 Å². The number of carbonyl (C=O) groups is 1. The van der Waals surface area contributed by atoms with Crippen LogP contribution < -0.4 is 5.32 Å². The average Bonchev–Trinajstić information content (AvgIpc) is 2.90. The lowest BCUT2D eigenvalue weighted by molar-refractivity contribution is 0.0147. The largest absolute Gasteiger partial charge is 0.444 e. The van der Waals surface area contributed by atoms with Crippen LogP contribution in [0.25, 0.3) is 0 Å². The SMILES string of the molecule is CN(C(=O)OC(C)(C)C)C1CCN(CC2CCNC2)CC1. The van der Waals surface area contributed by atoms with Crippen LogP contribution in [0.3, 0.4) is 0 Å². The number of hydrogen-bond donors (Lipinski definition) is 1. The first kappa shape index (κ1) is 16.6. The number of piperidine rings is 1. The summed E-state index contributed by atoms with van der Waals surface area (Å²) >= 11 is 0. The van der Waals surface area contributed by atoms with E-state index < -0.39 is 5.60 Å². The van der Waals surface area contributed by atoms with Crippen LogP contribution in [0.2, 0.25) is 0 Å². The van der Waals surface area contributed by atoms with E-state index in [9.17, 15) is 4.79 Å². The van der Waals surface area contributed by atoms with E-state index in [1.54, 1.807) is 4.90 Å². The molecule has 1 amide bonds. The number of nitrogens with zero attached hydrogens (tertiary/aromatic N) is 2. The molecule has 2 aliphatic rings. The van der Waals surface area contributed by atoms with E-state index in [-0.39, 0.29) is 6.09 Å². The van der Waals surface area contributed by atoms with E-state index in [0.717, 1.165) is 38.4 Å². The summed E-state index contributed by atoms with van der Waals surface area (Å²) in [6.45, 7) is 11.5. The molecule has 2 fully saturated rings. The highest BCUT2D eigenvalue weighted by atomic mass is 16.6. The van der Waals surface area contributed by atoms with Crippen LogP contribution in [0.5, 0.6) is 0 Å². The Morgan fingerprint density at radius 3 is 2.48 bits per heavy atom. The number of nitrogens with one attached hydrogen (secondary N) is 1. The lowest BCUT2D eigenvalue weighted by Gasteiger charge is -2.38. The van der Waals surface area contributed by atoms with Crippen molar-refractivity contribution in [3.63, 3.8) is 0 Å². The molecule has 0 radical (unpaired) electrons. The zero-order chi connectivity index (χ0) is 15.5. The van der Waals surface area contributed by atoms with Crippen molar-refractivity contribution in [1.29, 1.82) is 0 Å². The van der Waals surface area contributed by atoms with Crippen molar-refractivity contribution in [3.05, 3.63) is 0 Å². The molecule has 1 N–H and O–H groups in total. The fraction of sp³-hybridized carbons (Fsp3) is 0.938. The van der Waals surface area contributed by atoms with Gasteiger partial charge in [0.2, 0.25) is 0 Å². The molecule has 2 saturated heterocycles. The molecule has 2 aliphatic heterocycles. The van der Waals surface area contributed by atoms with Crippen LogP contribution in [-0.2, 0) is 4.74 Å². The van der Waals surface area contributed by atoms with Gasteiger partial charge in [0.1, 0.15) is 5.60 Å². The molecule has 0 saturated carbocycles. The molecule has 0 aromatic heterocycles. The van der Waals surface area contributed by atoms with E-state index in [4.69, 9.17) is 4.74 Å². The second-order valence-electron chi connectivity index (χ2n) is 7.48. The highest BCUT2D eigenvalue weighted by molar-refractivity contribution is 5.68. The molecule has 2 heterocycles. The minimum Gasteiger partial charge on any atom is -0.444 e. The van der Waals surface area contributed by atoms with E-state index >= 15 is 0 Å². The van der Waals surface area contributed by atoms with Gasteiger partial charge in [-0.3, -0.25) is 0 Å². The van der Waals surface area contributed by atoms with Crippen molar-refractivity contribution in [3.8, 4) is 0 Å². The third-order valence-corrected chi connectivity index (χ3v) is 4.47. The third-order valence-electron chi connectivity index (χ3n) is 4.47. The molecule has 5 nitrogen and oxygen atoms in total. The number of hydrogen-bond acceptors (Lipinski definition) is 4. The van der Waals surface area contributed by atoms with Crippen molar-refractivity contribution < 1.29 is 9.53 Å². The first-order valence-corrected chi connectivity index (χ1v) is 8.24. The Balaban J connectivity index is 1.73. The zero-order valence-corrected chi connectivity index (χ0v) is 14.0. The molecule has 122 valence electrons. The molecule has 21 heavy (non-hydrogen) atoms. The van der Waals surface area contributed by atoms with Crippen LogP contribution in [0, 0.1) is 5.92 Å². The summed E-state index contributed by atoms with van der Waals surface area (Å²) in [5.74, 6) is 0.810. The number of carbonyl (C=O) groups excluding carboxylic acids is 1. The van der Waals surface area contributed by atoms with Gasteiger partial charge in [-0.2, -0.15) is 0 Å². The molecular formula is C16H31N3O2. The summed E-state index contributed by atoms with van der Waals surface area (Å²) in [6.07, 6.45) is 3.21. The predicted molar refractivity (Wildman–Crippen MR) is 84.4 cm³/mol.